The zero-order valence-corrected chi connectivity index (χ0v) is 15.7. The van der Waals surface area contributed by atoms with E-state index in [1.54, 1.807) is 18.0 Å². The third kappa shape index (κ3) is 4.29. The number of thiophene rings is 1. The highest BCUT2D eigenvalue weighted by Gasteiger charge is 2.11. The van der Waals surface area contributed by atoms with E-state index in [1.165, 1.54) is 22.2 Å². The van der Waals surface area contributed by atoms with Crippen molar-refractivity contribution in [1.29, 1.82) is 0 Å². The Hall–Kier alpha value is -2.67. The average molecular weight is 371 g/mol. The van der Waals surface area contributed by atoms with Crippen LogP contribution in [0.15, 0.2) is 46.8 Å². The lowest BCUT2D eigenvalue weighted by atomic mass is 10.2. The molecule has 26 heavy (non-hydrogen) atoms. The van der Waals surface area contributed by atoms with Gasteiger partial charge in [-0.2, -0.15) is 0 Å². The molecule has 3 rings (SSSR count). The number of carbonyl (C=O) groups is 1. The molecule has 0 saturated heterocycles. The van der Waals surface area contributed by atoms with Crippen LogP contribution in [0.2, 0.25) is 0 Å². The van der Waals surface area contributed by atoms with Crippen molar-refractivity contribution in [2.24, 2.45) is 0 Å². The van der Waals surface area contributed by atoms with Gasteiger partial charge in [0.15, 0.2) is 0 Å². The van der Waals surface area contributed by atoms with Crippen LogP contribution in [-0.4, -0.2) is 40.6 Å². The fourth-order valence-corrected chi connectivity index (χ4v) is 3.31. The van der Waals surface area contributed by atoms with Gasteiger partial charge in [0.05, 0.1) is 18.3 Å². The summed E-state index contributed by atoms with van der Waals surface area (Å²) in [4.78, 5) is 31.2. The molecule has 3 aromatic rings. The van der Waals surface area contributed by atoms with E-state index in [4.69, 9.17) is 4.74 Å². The van der Waals surface area contributed by atoms with E-state index in [0.29, 0.717) is 25.1 Å². The highest BCUT2D eigenvalue weighted by Crippen LogP contribution is 2.14. The molecule has 0 bridgehead atoms. The topological polar surface area (TPSA) is 64.4 Å². The van der Waals surface area contributed by atoms with Gasteiger partial charge in [0, 0.05) is 20.0 Å². The summed E-state index contributed by atoms with van der Waals surface area (Å²) in [6.45, 7) is 3.24. The van der Waals surface area contributed by atoms with E-state index in [2.05, 4.69) is 4.98 Å². The van der Waals surface area contributed by atoms with E-state index in [9.17, 15) is 9.59 Å². The first-order valence-corrected chi connectivity index (χ1v) is 9.28. The van der Waals surface area contributed by atoms with Crippen LogP contribution in [-0.2, 0) is 11.3 Å². The van der Waals surface area contributed by atoms with E-state index in [-0.39, 0.29) is 17.9 Å². The minimum Gasteiger partial charge on any atom is -0.492 e. The summed E-state index contributed by atoms with van der Waals surface area (Å²) in [5.74, 6) is 0.766. The Morgan fingerprint density at radius 1 is 1.35 bits per heavy atom. The molecule has 0 spiro atoms. The smallest absolute Gasteiger partial charge is 0.262 e. The number of nitrogens with zero attached hydrogens (tertiary/aromatic N) is 3. The third-order valence-corrected chi connectivity index (χ3v) is 4.95. The van der Waals surface area contributed by atoms with Crippen LogP contribution >= 0.6 is 11.3 Å². The maximum Gasteiger partial charge on any atom is 0.262 e. The van der Waals surface area contributed by atoms with Gasteiger partial charge in [-0.3, -0.25) is 14.2 Å². The van der Waals surface area contributed by atoms with Gasteiger partial charge < -0.3 is 9.64 Å². The number of aryl methyl sites for hydroxylation is 2. The molecule has 0 N–H and O–H groups in total. The lowest BCUT2D eigenvalue weighted by Gasteiger charge is -2.18. The normalized spacial score (nSPS) is 10.8. The molecular weight excluding hydrogens is 350 g/mol. The van der Waals surface area contributed by atoms with Crippen LogP contribution in [0.5, 0.6) is 5.75 Å². The molecule has 6 nitrogen and oxygen atoms in total. The highest BCUT2D eigenvalue weighted by atomic mass is 32.1. The SMILES string of the molecule is Cc1cccc(OCCN(C)C(=O)CCn2cnc3sccc3c2=O)c1. The van der Waals surface area contributed by atoms with Gasteiger partial charge >= 0.3 is 0 Å². The summed E-state index contributed by atoms with van der Waals surface area (Å²) in [6.07, 6.45) is 1.76. The summed E-state index contributed by atoms with van der Waals surface area (Å²) in [7, 11) is 1.74. The molecule has 0 radical (unpaired) electrons. The number of hydrogen-bond acceptors (Lipinski definition) is 5. The van der Waals surface area contributed by atoms with E-state index >= 15 is 0 Å². The molecular formula is C19H21N3O3S. The number of amides is 1. The van der Waals surface area contributed by atoms with Crippen molar-refractivity contribution in [2.75, 3.05) is 20.2 Å². The van der Waals surface area contributed by atoms with Gasteiger partial charge in [-0.15, -0.1) is 11.3 Å². The molecule has 0 unspecified atom stereocenters. The van der Waals surface area contributed by atoms with Gasteiger partial charge in [-0.25, -0.2) is 4.98 Å². The zero-order chi connectivity index (χ0) is 18.5. The standard InChI is InChI=1S/C19H21N3O3S/c1-14-4-3-5-15(12-14)25-10-9-21(2)17(23)6-8-22-13-20-18-16(19(22)24)7-11-26-18/h3-5,7,11-13H,6,8-10H2,1-2H3. The molecule has 1 aromatic carbocycles. The molecule has 0 fully saturated rings. The third-order valence-electron chi connectivity index (χ3n) is 4.13. The molecule has 7 heteroatoms. The van der Waals surface area contributed by atoms with E-state index in [0.717, 1.165) is 16.1 Å². The van der Waals surface area contributed by atoms with Gasteiger partial charge in [0.1, 0.15) is 17.2 Å². The van der Waals surface area contributed by atoms with Crippen LogP contribution in [0, 0.1) is 6.92 Å². The van der Waals surface area contributed by atoms with Crippen molar-refractivity contribution < 1.29 is 9.53 Å². The molecule has 0 saturated carbocycles. The first-order chi connectivity index (χ1) is 12.5. The molecule has 0 aliphatic carbocycles. The summed E-state index contributed by atoms with van der Waals surface area (Å²) in [5, 5.41) is 2.45. The van der Waals surface area contributed by atoms with Gasteiger partial charge in [-0.1, -0.05) is 12.1 Å². The number of fused-ring (bicyclic) bond motifs is 1. The van der Waals surface area contributed by atoms with Crippen LogP contribution in [0.1, 0.15) is 12.0 Å². The minimum atomic E-state index is -0.102. The lowest BCUT2D eigenvalue weighted by Crippen LogP contribution is -2.32. The fraction of sp³-hybridized carbons (Fsp3) is 0.316. The van der Waals surface area contributed by atoms with Crippen LogP contribution in [0.4, 0.5) is 0 Å². The summed E-state index contributed by atoms with van der Waals surface area (Å²) >= 11 is 1.43. The Labute approximate surface area is 155 Å². The van der Waals surface area contributed by atoms with Gasteiger partial charge in [-0.05, 0) is 36.1 Å². The Morgan fingerprint density at radius 2 is 2.19 bits per heavy atom. The van der Waals surface area contributed by atoms with Gasteiger partial charge in [0.2, 0.25) is 5.91 Å². The second-order valence-corrected chi connectivity index (χ2v) is 7.01. The van der Waals surface area contributed by atoms with E-state index < -0.39 is 0 Å². The molecule has 2 heterocycles. The van der Waals surface area contributed by atoms with Crippen LogP contribution in [0.25, 0.3) is 10.2 Å². The number of aromatic nitrogens is 2. The fourth-order valence-electron chi connectivity index (χ4n) is 2.59. The number of carbonyl (C=O) groups excluding carboxylic acids is 1. The lowest BCUT2D eigenvalue weighted by molar-refractivity contribution is -0.130. The zero-order valence-electron chi connectivity index (χ0n) is 14.8. The molecule has 1 amide bonds. The van der Waals surface area contributed by atoms with Crippen molar-refractivity contribution in [3.05, 3.63) is 58.0 Å². The maximum atomic E-state index is 12.3. The molecule has 0 atom stereocenters. The predicted molar refractivity (Wildman–Crippen MR) is 103 cm³/mol. The van der Waals surface area contributed by atoms with Crippen molar-refractivity contribution >= 4 is 27.5 Å². The molecule has 0 aliphatic rings. The molecule has 2 aromatic heterocycles. The summed E-state index contributed by atoms with van der Waals surface area (Å²) < 4.78 is 7.16. The predicted octanol–water partition coefficient (Wildman–Crippen LogP) is 2.69. The second kappa shape index (κ2) is 8.14. The quantitative estimate of drug-likeness (QED) is 0.641. The van der Waals surface area contributed by atoms with Crippen LogP contribution < -0.4 is 10.3 Å². The highest BCUT2D eigenvalue weighted by molar-refractivity contribution is 7.16. The Balaban J connectivity index is 1.49. The van der Waals surface area contributed by atoms with Crippen LogP contribution in [0.3, 0.4) is 0 Å². The monoisotopic (exact) mass is 371 g/mol. The van der Waals surface area contributed by atoms with Crippen molar-refractivity contribution in [3.63, 3.8) is 0 Å². The Morgan fingerprint density at radius 3 is 3.00 bits per heavy atom. The average Bonchev–Trinajstić information content (AvgIpc) is 3.10. The largest absolute Gasteiger partial charge is 0.492 e. The maximum absolute atomic E-state index is 12.3. The van der Waals surface area contributed by atoms with Crippen molar-refractivity contribution in [3.8, 4) is 5.75 Å². The van der Waals surface area contributed by atoms with E-state index in [1.807, 2.05) is 36.6 Å². The second-order valence-electron chi connectivity index (χ2n) is 6.11. The number of ether oxygens (including phenoxy) is 1. The Kier molecular flexibility index (Phi) is 5.68. The first-order valence-electron chi connectivity index (χ1n) is 8.40. The number of likely N-dealkylation sites (N-methyl/N-ethyl adjacent to an activating group) is 1. The first kappa shape index (κ1) is 18.1. The van der Waals surface area contributed by atoms with Crippen molar-refractivity contribution in [1.82, 2.24) is 14.5 Å². The Bertz CT molecular complexity index is 964. The summed E-state index contributed by atoms with van der Waals surface area (Å²) in [6, 6.07) is 9.57. The number of rotatable bonds is 7. The van der Waals surface area contributed by atoms with Crippen molar-refractivity contribution in [2.45, 2.75) is 19.9 Å². The van der Waals surface area contributed by atoms with Gasteiger partial charge in [0.25, 0.3) is 5.56 Å². The molecule has 0 aliphatic heterocycles. The number of hydrogen-bond donors (Lipinski definition) is 0. The molecule has 136 valence electrons. The summed E-state index contributed by atoms with van der Waals surface area (Å²) in [5.41, 5.74) is 1.03. The minimum absolute atomic E-state index is 0.0323. The number of benzene rings is 1.